The molecule has 3 aliphatic heterocycles. The van der Waals surface area contributed by atoms with Crippen LogP contribution in [-0.2, 0) is 9.53 Å². The summed E-state index contributed by atoms with van der Waals surface area (Å²) in [5, 5.41) is 10.7. The molecule has 1 aromatic carbocycles. The van der Waals surface area contributed by atoms with Crippen LogP contribution < -0.4 is 10.5 Å². The number of piperidine rings is 2. The average Bonchev–Trinajstić information content (AvgIpc) is 3.17. The van der Waals surface area contributed by atoms with Crippen molar-refractivity contribution in [3.63, 3.8) is 0 Å². The Balaban J connectivity index is 1.29. The first-order valence-corrected chi connectivity index (χ1v) is 14.8. The van der Waals surface area contributed by atoms with E-state index < -0.39 is 11.6 Å². The largest absolute Gasteiger partial charge is 0.467 e. The molecule has 1 saturated carbocycles. The van der Waals surface area contributed by atoms with E-state index in [0.29, 0.717) is 37.0 Å². The van der Waals surface area contributed by atoms with E-state index in [1.165, 1.54) is 64.9 Å². The summed E-state index contributed by atoms with van der Waals surface area (Å²) in [4.78, 5) is 35.9. The van der Waals surface area contributed by atoms with Gasteiger partial charge in [-0.15, -0.1) is 0 Å². The van der Waals surface area contributed by atoms with Crippen molar-refractivity contribution in [2.75, 3.05) is 25.1 Å². The summed E-state index contributed by atoms with van der Waals surface area (Å²) in [6, 6.07) is 9.96. The van der Waals surface area contributed by atoms with Crippen LogP contribution in [0.1, 0.15) is 89.5 Å². The van der Waals surface area contributed by atoms with Crippen LogP contribution in [0.2, 0.25) is 0 Å². The maximum atomic E-state index is 14.1. The number of anilines is 1. The maximum absolute atomic E-state index is 14.1. The fourth-order valence-electron chi connectivity index (χ4n) is 7.92. The molecular formula is C30H42N4O4. The Morgan fingerprint density at radius 1 is 0.921 bits per heavy atom. The number of aliphatic hydroxyl groups is 1. The van der Waals surface area contributed by atoms with Gasteiger partial charge >= 0.3 is 5.97 Å². The van der Waals surface area contributed by atoms with Crippen molar-refractivity contribution in [2.24, 2.45) is 0 Å². The monoisotopic (exact) mass is 522 g/mol. The number of hydrogen-bond donors (Lipinski definition) is 1. The Morgan fingerprint density at radius 3 is 2.21 bits per heavy atom. The normalized spacial score (nSPS) is 28.7. The standard InChI is InChI=1S/C30H42N4O4/c1-38-29(36)30(37)15-17-32(18-16-30)27-28(35)34(26-12-8-7-11-25(26)31-27)24-19-22-13-14-23(20-24)33(22)21-9-5-3-2-4-6-10-21/h7-8,11-12,21-24,37H,2-6,9-10,13-20H2,1H3/t22-,23+,24+. The lowest BCUT2D eigenvalue weighted by molar-refractivity contribution is -0.164. The van der Waals surface area contributed by atoms with E-state index in [0.717, 1.165) is 23.9 Å². The van der Waals surface area contributed by atoms with E-state index in [-0.39, 0.29) is 24.4 Å². The van der Waals surface area contributed by atoms with Gasteiger partial charge in [-0.25, -0.2) is 9.78 Å². The average molecular weight is 523 g/mol. The molecule has 6 rings (SSSR count). The third kappa shape index (κ3) is 4.64. The molecule has 4 heterocycles. The predicted molar refractivity (Wildman–Crippen MR) is 147 cm³/mol. The summed E-state index contributed by atoms with van der Waals surface area (Å²) in [6.07, 6.45) is 14.4. The number of methoxy groups -OCH3 is 1. The zero-order chi connectivity index (χ0) is 26.3. The lowest BCUT2D eigenvalue weighted by atomic mass is 9.89. The predicted octanol–water partition coefficient (Wildman–Crippen LogP) is 4.18. The number of hydrogen-bond acceptors (Lipinski definition) is 7. The van der Waals surface area contributed by atoms with Gasteiger partial charge in [-0.3, -0.25) is 9.69 Å². The first-order valence-electron chi connectivity index (χ1n) is 14.8. The van der Waals surface area contributed by atoms with Gasteiger partial charge in [-0.05, 0) is 50.7 Å². The fraction of sp³-hybridized carbons (Fsp3) is 0.700. The highest BCUT2D eigenvalue weighted by molar-refractivity contribution is 5.80. The molecule has 2 aromatic rings. The van der Waals surface area contributed by atoms with Crippen molar-refractivity contribution in [2.45, 2.75) is 113 Å². The third-order valence-electron chi connectivity index (χ3n) is 9.86. The smallest absolute Gasteiger partial charge is 0.337 e. The van der Waals surface area contributed by atoms with Gasteiger partial charge < -0.3 is 19.3 Å². The van der Waals surface area contributed by atoms with Crippen LogP contribution in [0.15, 0.2) is 29.1 Å². The molecule has 1 N–H and O–H groups in total. The van der Waals surface area contributed by atoms with Gasteiger partial charge in [0, 0.05) is 50.1 Å². The quantitative estimate of drug-likeness (QED) is 0.603. The molecule has 0 spiro atoms. The molecule has 0 unspecified atom stereocenters. The van der Waals surface area contributed by atoms with Gasteiger partial charge in [0.1, 0.15) is 0 Å². The highest BCUT2D eigenvalue weighted by atomic mass is 16.5. The topological polar surface area (TPSA) is 87.9 Å². The minimum absolute atomic E-state index is 0.0454. The van der Waals surface area contributed by atoms with Gasteiger partial charge in [0.15, 0.2) is 11.4 Å². The Kier molecular flexibility index (Phi) is 7.20. The van der Waals surface area contributed by atoms with E-state index in [1.54, 1.807) is 0 Å². The molecule has 1 aliphatic carbocycles. The van der Waals surface area contributed by atoms with Crippen LogP contribution in [0.3, 0.4) is 0 Å². The summed E-state index contributed by atoms with van der Waals surface area (Å²) in [5.41, 5.74) is 0.194. The van der Waals surface area contributed by atoms with E-state index in [1.807, 2.05) is 33.7 Å². The molecule has 3 saturated heterocycles. The van der Waals surface area contributed by atoms with E-state index >= 15 is 0 Å². The summed E-state index contributed by atoms with van der Waals surface area (Å²) in [5.74, 6) is -0.169. The van der Waals surface area contributed by atoms with E-state index in [2.05, 4.69) is 4.90 Å². The summed E-state index contributed by atoms with van der Waals surface area (Å²) >= 11 is 0. The van der Waals surface area contributed by atoms with Crippen LogP contribution in [0.4, 0.5) is 5.82 Å². The van der Waals surface area contributed by atoms with E-state index in [4.69, 9.17) is 9.72 Å². The molecule has 38 heavy (non-hydrogen) atoms. The zero-order valence-corrected chi connectivity index (χ0v) is 22.7. The van der Waals surface area contributed by atoms with E-state index in [9.17, 15) is 14.7 Å². The molecule has 2 bridgehead atoms. The lowest BCUT2D eigenvalue weighted by Gasteiger charge is -2.45. The van der Waals surface area contributed by atoms with Crippen molar-refractivity contribution in [3.05, 3.63) is 34.6 Å². The minimum atomic E-state index is -1.50. The Hall–Kier alpha value is -2.45. The number of carbonyl (C=O) groups is 1. The van der Waals surface area contributed by atoms with Gasteiger partial charge in [-0.2, -0.15) is 0 Å². The molecule has 3 atom stereocenters. The second-order valence-electron chi connectivity index (χ2n) is 12.1. The van der Waals surface area contributed by atoms with Crippen LogP contribution in [-0.4, -0.2) is 69.5 Å². The summed E-state index contributed by atoms with van der Waals surface area (Å²) in [6.45, 7) is 0.773. The molecule has 4 aliphatic rings. The van der Waals surface area contributed by atoms with Gasteiger partial charge in [0.2, 0.25) is 0 Å². The van der Waals surface area contributed by atoms with Crippen molar-refractivity contribution in [3.8, 4) is 0 Å². The molecule has 4 fully saturated rings. The SMILES string of the molecule is COC(=O)C1(O)CCN(c2nc3ccccc3n([C@H]3C[C@H]4CC[C@@H](C3)N4C3CCCCCCC3)c2=O)CC1. The Bertz CT molecular complexity index is 1200. The lowest BCUT2D eigenvalue weighted by Crippen LogP contribution is -2.52. The first-order chi connectivity index (χ1) is 18.5. The Labute approximate surface area is 225 Å². The molecule has 206 valence electrons. The van der Waals surface area contributed by atoms with Crippen molar-refractivity contribution in [1.82, 2.24) is 14.5 Å². The van der Waals surface area contributed by atoms with Gasteiger partial charge in [-0.1, -0.05) is 44.2 Å². The highest BCUT2D eigenvalue weighted by Crippen LogP contribution is 2.44. The summed E-state index contributed by atoms with van der Waals surface area (Å²) < 4.78 is 6.85. The number of carbonyl (C=O) groups excluding carboxylic acids is 1. The number of ether oxygens (including phenoxy) is 1. The number of nitrogens with zero attached hydrogens (tertiary/aromatic N) is 4. The molecule has 0 radical (unpaired) electrons. The number of rotatable bonds is 4. The number of fused-ring (bicyclic) bond motifs is 3. The zero-order valence-electron chi connectivity index (χ0n) is 22.7. The molecular weight excluding hydrogens is 480 g/mol. The number of aromatic nitrogens is 2. The number of esters is 1. The number of benzene rings is 1. The van der Waals surface area contributed by atoms with Crippen LogP contribution >= 0.6 is 0 Å². The molecule has 8 heteroatoms. The third-order valence-corrected chi connectivity index (χ3v) is 9.86. The molecule has 8 nitrogen and oxygen atoms in total. The van der Waals surface area contributed by atoms with Crippen molar-refractivity contribution >= 4 is 22.8 Å². The second kappa shape index (κ2) is 10.6. The summed E-state index contributed by atoms with van der Waals surface area (Å²) in [7, 11) is 1.30. The van der Waals surface area contributed by atoms with Crippen LogP contribution in [0.25, 0.3) is 11.0 Å². The Morgan fingerprint density at radius 2 is 1.55 bits per heavy atom. The minimum Gasteiger partial charge on any atom is -0.467 e. The fourth-order valence-corrected chi connectivity index (χ4v) is 7.92. The number of para-hydroxylation sites is 2. The van der Waals surface area contributed by atoms with Gasteiger partial charge in [0.25, 0.3) is 5.56 Å². The molecule has 1 aromatic heterocycles. The second-order valence-corrected chi connectivity index (χ2v) is 12.1. The van der Waals surface area contributed by atoms with Gasteiger partial charge in [0.05, 0.1) is 18.1 Å². The first kappa shape index (κ1) is 25.8. The molecule has 0 amide bonds. The van der Waals surface area contributed by atoms with Crippen LogP contribution in [0.5, 0.6) is 0 Å². The van der Waals surface area contributed by atoms with Crippen molar-refractivity contribution < 1.29 is 14.6 Å². The highest BCUT2D eigenvalue weighted by Gasteiger charge is 2.45. The van der Waals surface area contributed by atoms with Crippen molar-refractivity contribution in [1.29, 1.82) is 0 Å². The maximum Gasteiger partial charge on any atom is 0.337 e. The van der Waals surface area contributed by atoms with Crippen LogP contribution in [0, 0.1) is 0 Å².